The molecule has 10 heteroatoms. The van der Waals surface area contributed by atoms with E-state index >= 15 is 0 Å². The van der Waals surface area contributed by atoms with E-state index in [2.05, 4.69) is 33.4 Å². The van der Waals surface area contributed by atoms with Crippen molar-refractivity contribution in [1.82, 2.24) is 25.3 Å². The number of piperazine rings is 1. The first kappa shape index (κ1) is 28.2. The molecule has 2 heterocycles. The van der Waals surface area contributed by atoms with Crippen LogP contribution in [-0.4, -0.2) is 104 Å². The second-order valence-corrected chi connectivity index (χ2v) is 10.5. The number of guanidine groups is 1. The molecule has 1 saturated carbocycles. The summed E-state index contributed by atoms with van der Waals surface area (Å²) >= 11 is 0. The van der Waals surface area contributed by atoms with Crippen molar-refractivity contribution in [3.05, 3.63) is 0 Å². The van der Waals surface area contributed by atoms with Gasteiger partial charge >= 0.3 is 6.09 Å². The molecule has 0 aromatic rings. The monoisotopic (exact) mass is 503 g/mol. The zero-order valence-corrected chi connectivity index (χ0v) is 22.4. The van der Waals surface area contributed by atoms with Gasteiger partial charge in [-0.1, -0.05) is 39.0 Å². The minimum absolute atomic E-state index is 0.220. The van der Waals surface area contributed by atoms with Gasteiger partial charge in [0.1, 0.15) is 11.6 Å². The molecule has 0 aromatic heterocycles. The fourth-order valence-electron chi connectivity index (χ4n) is 5.42. The highest BCUT2D eigenvalue weighted by Gasteiger charge is 2.38. The number of amides is 2. The van der Waals surface area contributed by atoms with Gasteiger partial charge in [-0.15, -0.1) is 0 Å². The second kappa shape index (κ2) is 13.8. The molecule has 3 fully saturated rings. The maximum absolute atomic E-state index is 13.7. The first-order valence-electron chi connectivity index (χ1n) is 13.8. The van der Waals surface area contributed by atoms with Crippen molar-refractivity contribution in [2.45, 2.75) is 76.8 Å². The van der Waals surface area contributed by atoms with Crippen LogP contribution in [0.2, 0.25) is 0 Å². The Kier molecular flexibility index (Phi) is 10.8. The summed E-state index contributed by atoms with van der Waals surface area (Å²) in [5, 5.41) is 15.9. The Hall–Kier alpha value is -2.38. The van der Waals surface area contributed by atoms with Crippen molar-refractivity contribution in [1.29, 1.82) is 5.26 Å². The lowest BCUT2D eigenvalue weighted by Gasteiger charge is -2.38. The largest absolute Gasteiger partial charge is 0.450 e. The second-order valence-electron chi connectivity index (χ2n) is 10.5. The van der Waals surface area contributed by atoms with Crippen molar-refractivity contribution in [3.8, 4) is 6.07 Å². The summed E-state index contributed by atoms with van der Waals surface area (Å²) in [5.74, 6) is 0.589. The minimum Gasteiger partial charge on any atom is -0.450 e. The maximum Gasteiger partial charge on any atom is 0.413 e. The highest BCUT2D eigenvalue weighted by atomic mass is 16.5. The number of nitriles is 1. The van der Waals surface area contributed by atoms with E-state index in [-0.39, 0.29) is 12.5 Å². The van der Waals surface area contributed by atoms with Crippen LogP contribution in [0.15, 0.2) is 4.99 Å². The molecular weight excluding hydrogens is 458 g/mol. The molecule has 2 aliphatic heterocycles. The molecule has 0 unspecified atom stereocenters. The van der Waals surface area contributed by atoms with Crippen LogP contribution in [0.25, 0.3) is 0 Å². The third-order valence-electron chi connectivity index (χ3n) is 7.89. The van der Waals surface area contributed by atoms with Crippen molar-refractivity contribution in [2.24, 2.45) is 10.9 Å². The molecule has 3 rings (SSSR count). The normalized spacial score (nSPS) is 22.9. The Morgan fingerprint density at radius 2 is 1.75 bits per heavy atom. The number of nitrogens with one attached hydrogen (secondary N) is 2. The van der Waals surface area contributed by atoms with Crippen LogP contribution in [0.3, 0.4) is 0 Å². The van der Waals surface area contributed by atoms with Gasteiger partial charge in [-0.3, -0.25) is 10.1 Å². The summed E-state index contributed by atoms with van der Waals surface area (Å²) in [6.45, 7) is 9.83. The molecule has 0 spiro atoms. The molecule has 2 N–H and O–H groups in total. The molecule has 1 aliphatic carbocycles. The van der Waals surface area contributed by atoms with Crippen molar-refractivity contribution < 1.29 is 14.3 Å². The summed E-state index contributed by atoms with van der Waals surface area (Å²) in [6, 6.07) is 1.72. The van der Waals surface area contributed by atoms with E-state index in [0.29, 0.717) is 44.2 Å². The van der Waals surface area contributed by atoms with Gasteiger partial charge in [-0.25, -0.2) is 9.79 Å². The van der Waals surface area contributed by atoms with Crippen LogP contribution in [-0.2, 0) is 9.53 Å². The van der Waals surface area contributed by atoms with Crippen LogP contribution >= 0.6 is 0 Å². The van der Waals surface area contributed by atoms with E-state index in [9.17, 15) is 14.9 Å². The average molecular weight is 504 g/mol. The van der Waals surface area contributed by atoms with Gasteiger partial charge in [-0.05, 0) is 45.7 Å². The lowest BCUT2D eigenvalue weighted by molar-refractivity contribution is -0.124. The third kappa shape index (κ3) is 8.07. The summed E-state index contributed by atoms with van der Waals surface area (Å²) in [6.07, 6.45) is 7.00. The van der Waals surface area contributed by atoms with E-state index in [1.54, 1.807) is 6.92 Å². The number of piperidine rings is 1. The predicted octanol–water partition coefficient (Wildman–Crippen LogP) is 2.17. The topological polar surface area (TPSA) is 113 Å². The molecule has 1 atom stereocenters. The van der Waals surface area contributed by atoms with Gasteiger partial charge in [-0.2, -0.15) is 5.26 Å². The average Bonchev–Trinajstić information content (AvgIpc) is 2.90. The number of alkyl carbamates (subject to hydrolysis) is 1. The van der Waals surface area contributed by atoms with Gasteiger partial charge in [0.05, 0.1) is 12.7 Å². The first-order chi connectivity index (χ1) is 17.4. The van der Waals surface area contributed by atoms with E-state index in [1.807, 2.05) is 11.9 Å². The Labute approximate surface area is 216 Å². The maximum atomic E-state index is 13.7. The molecule has 2 saturated heterocycles. The fourth-order valence-corrected chi connectivity index (χ4v) is 5.42. The number of nitrogens with zero attached hydrogens (tertiary/aromatic N) is 5. The summed E-state index contributed by atoms with van der Waals surface area (Å²) in [4.78, 5) is 37.6. The van der Waals surface area contributed by atoms with E-state index in [4.69, 9.17) is 9.73 Å². The van der Waals surface area contributed by atoms with Crippen molar-refractivity contribution in [2.75, 3.05) is 59.5 Å². The fraction of sp³-hybridized carbons (Fsp3) is 0.846. The summed E-state index contributed by atoms with van der Waals surface area (Å²) in [5.41, 5.74) is -0.870. The smallest absolute Gasteiger partial charge is 0.413 e. The molecule has 0 radical (unpaired) electrons. The van der Waals surface area contributed by atoms with E-state index < -0.39 is 17.7 Å². The van der Waals surface area contributed by atoms with Gasteiger partial charge in [0.2, 0.25) is 11.9 Å². The quantitative estimate of drug-likeness (QED) is 0.404. The number of hydrogen-bond acceptors (Lipinski definition) is 7. The predicted molar refractivity (Wildman–Crippen MR) is 139 cm³/mol. The van der Waals surface area contributed by atoms with Crippen LogP contribution < -0.4 is 10.6 Å². The first-order valence-corrected chi connectivity index (χ1v) is 13.8. The minimum atomic E-state index is -0.870. The third-order valence-corrected chi connectivity index (χ3v) is 7.89. The van der Waals surface area contributed by atoms with Gasteiger partial charge in [0.25, 0.3) is 0 Å². The standard InChI is InChI=1S/C26H45N7O3/c1-4-32-15-17-33(18-16-32)24(29-25(35)36-5-2)28-22(19-21-9-7-6-8-10-21)23(34)30-26(20-27)11-13-31(3)14-12-26/h21-22H,4-19H2,1-3H3,(H,30,34)(H,28,29,35)/t22-/m0/s1. The molecule has 36 heavy (non-hydrogen) atoms. The molecule has 0 bridgehead atoms. The number of carbonyl (C=O) groups excluding carboxylic acids is 2. The van der Waals surface area contributed by atoms with Crippen molar-refractivity contribution in [3.63, 3.8) is 0 Å². The Bertz CT molecular complexity index is 790. The number of likely N-dealkylation sites (tertiary alicyclic amines) is 1. The number of carbonyl (C=O) groups is 2. The van der Waals surface area contributed by atoms with Crippen LogP contribution in [0.5, 0.6) is 0 Å². The van der Waals surface area contributed by atoms with Gasteiger partial charge in [0.15, 0.2) is 0 Å². The van der Waals surface area contributed by atoms with E-state index in [0.717, 1.165) is 45.6 Å². The number of aliphatic imine (C=N–C) groups is 1. The molecule has 3 aliphatic rings. The lowest BCUT2D eigenvalue weighted by atomic mass is 9.84. The number of hydrogen-bond donors (Lipinski definition) is 2. The zero-order chi connectivity index (χ0) is 26.0. The van der Waals surface area contributed by atoms with Gasteiger partial charge < -0.3 is 24.8 Å². The number of likely N-dealkylation sites (N-methyl/N-ethyl adjacent to an activating group) is 1. The molecule has 10 nitrogen and oxygen atoms in total. The Morgan fingerprint density at radius 3 is 2.33 bits per heavy atom. The Balaban J connectivity index is 1.84. The highest BCUT2D eigenvalue weighted by Crippen LogP contribution is 2.29. The highest BCUT2D eigenvalue weighted by molar-refractivity contribution is 5.96. The Morgan fingerprint density at radius 1 is 1.08 bits per heavy atom. The molecule has 0 aromatic carbocycles. The molecule has 2 amide bonds. The van der Waals surface area contributed by atoms with Crippen LogP contribution in [0, 0.1) is 17.2 Å². The molecular formula is C26H45N7O3. The van der Waals surface area contributed by atoms with Crippen LogP contribution in [0.1, 0.15) is 65.2 Å². The summed E-state index contributed by atoms with van der Waals surface area (Å²) in [7, 11) is 2.03. The van der Waals surface area contributed by atoms with Crippen LogP contribution in [0.4, 0.5) is 4.79 Å². The SMILES string of the molecule is CCOC(=O)NC(=N[C@@H](CC1CCCCC1)C(=O)NC1(C#N)CCN(C)CC1)N1CCN(CC)CC1. The number of rotatable bonds is 7. The van der Waals surface area contributed by atoms with E-state index in [1.165, 1.54) is 19.3 Å². The zero-order valence-electron chi connectivity index (χ0n) is 22.4. The van der Waals surface area contributed by atoms with Crippen molar-refractivity contribution >= 4 is 18.0 Å². The van der Waals surface area contributed by atoms with Gasteiger partial charge in [0, 0.05) is 39.3 Å². The lowest BCUT2D eigenvalue weighted by Crippen LogP contribution is -2.57. The summed E-state index contributed by atoms with van der Waals surface area (Å²) < 4.78 is 5.15. The molecule has 202 valence electrons. The number of ether oxygens (including phenoxy) is 1.